The summed E-state index contributed by atoms with van der Waals surface area (Å²) in [5.41, 5.74) is 1.17. The van der Waals surface area contributed by atoms with E-state index in [1.54, 1.807) is 28.7 Å². The molecule has 0 amide bonds. The van der Waals surface area contributed by atoms with Crippen LogP contribution in [0.5, 0.6) is 5.88 Å². The highest BCUT2D eigenvalue weighted by atomic mass is 32.2. The van der Waals surface area contributed by atoms with E-state index in [1.165, 1.54) is 5.56 Å². The molecule has 1 fully saturated rings. The molecule has 0 unspecified atom stereocenters. The van der Waals surface area contributed by atoms with E-state index in [2.05, 4.69) is 16.9 Å². The van der Waals surface area contributed by atoms with Crippen molar-refractivity contribution < 1.29 is 13.2 Å². The van der Waals surface area contributed by atoms with Crippen molar-refractivity contribution in [1.29, 1.82) is 0 Å². The van der Waals surface area contributed by atoms with Gasteiger partial charge >= 0.3 is 0 Å². The summed E-state index contributed by atoms with van der Waals surface area (Å²) in [6, 6.07) is 8.97. The maximum atomic E-state index is 12.8. The lowest BCUT2D eigenvalue weighted by Gasteiger charge is -2.31. The number of aryl methyl sites for hydroxylation is 2. The van der Waals surface area contributed by atoms with Crippen LogP contribution in [0.3, 0.4) is 0 Å². The van der Waals surface area contributed by atoms with Gasteiger partial charge < -0.3 is 4.74 Å². The molecule has 0 N–H and O–H groups in total. The molecule has 3 rings (SSSR count). The molecular formula is C19H25N3O3S. The fraction of sp³-hybridized carbons (Fsp3) is 0.474. The zero-order chi connectivity index (χ0) is 18.6. The zero-order valence-electron chi connectivity index (χ0n) is 15.3. The highest BCUT2D eigenvalue weighted by molar-refractivity contribution is 7.89. The number of ether oxygens (including phenoxy) is 1. The minimum absolute atomic E-state index is 0.0253. The molecule has 0 bridgehead atoms. The van der Waals surface area contributed by atoms with Crippen LogP contribution < -0.4 is 4.74 Å². The van der Waals surface area contributed by atoms with Gasteiger partial charge in [0.2, 0.25) is 15.9 Å². The summed E-state index contributed by atoms with van der Waals surface area (Å²) in [5, 5.41) is 0. The van der Waals surface area contributed by atoms with Crippen molar-refractivity contribution in [3.05, 3.63) is 47.9 Å². The van der Waals surface area contributed by atoms with Gasteiger partial charge in [0.25, 0.3) is 0 Å². The van der Waals surface area contributed by atoms with Gasteiger partial charge in [-0.2, -0.15) is 9.29 Å². The van der Waals surface area contributed by atoms with Crippen molar-refractivity contribution in [3.8, 4) is 5.88 Å². The number of aromatic nitrogens is 2. The highest BCUT2D eigenvalue weighted by Crippen LogP contribution is 2.23. The number of benzene rings is 1. The first kappa shape index (κ1) is 18.8. The van der Waals surface area contributed by atoms with Gasteiger partial charge in [-0.05, 0) is 43.9 Å². The number of piperidine rings is 1. The van der Waals surface area contributed by atoms with Crippen molar-refractivity contribution in [2.75, 3.05) is 13.1 Å². The third kappa shape index (κ3) is 4.40. The summed E-state index contributed by atoms with van der Waals surface area (Å²) in [4.78, 5) is 8.65. The fourth-order valence-corrected chi connectivity index (χ4v) is 4.60. The molecule has 1 aliphatic rings. The number of hydrogen-bond acceptors (Lipinski definition) is 5. The van der Waals surface area contributed by atoms with E-state index in [0.717, 1.165) is 12.8 Å². The van der Waals surface area contributed by atoms with Gasteiger partial charge in [0.15, 0.2) is 0 Å². The molecule has 6 nitrogen and oxygen atoms in total. The van der Waals surface area contributed by atoms with E-state index >= 15 is 0 Å². The number of sulfonamides is 1. The second-order valence-electron chi connectivity index (χ2n) is 6.56. The highest BCUT2D eigenvalue weighted by Gasteiger charge is 2.30. The Labute approximate surface area is 155 Å². The smallest absolute Gasteiger partial charge is 0.243 e. The topological polar surface area (TPSA) is 72.4 Å². The van der Waals surface area contributed by atoms with Crippen LogP contribution in [0, 0.1) is 6.92 Å². The number of hydrogen-bond donors (Lipinski definition) is 0. The second kappa shape index (κ2) is 8.14. The van der Waals surface area contributed by atoms with E-state index in [4.69, 9.17) is 4.74 Å². The van der Waals surface area contributed by atoms with Crippen LogP contribution in [0.25, 0.3) is 0 Å². The summed E-state index contributed by atoms with van der Waals surface area (Å²) in [6.45, 7) is 4.83. The Hall–Kier alpha value is -1.99. The van der Waals surface area contributed by atoms with Gasteiger partial charge in [0.05, 0.1) is 4.90 Å². The molecule has 1 aromatic heterocycles. The van der Waals surface area contributed by atoms with Gasteiger partial charge in [-0.25, -0.2) is 13.4 Å². The van der Waals surface area contributed by atoms with Gasteiger partial charge in [0.1, 0.15) is 11.9 Å². The van der Waals surface area contributed by atoms with Crippen molar-refractivity contribution >= 4 is 10.0 Å². The molecule has 1 aromatic carbocycles. The average molecular weight is 375 g/mol. The van der Waals surface area contributed by atoms with Crippen LogP contribution >= 0.6 is 0 Å². The molecule has 0 spiro atoms. The summed E-state index contributed by atoms with van der Waals surface area (Å²) in [6.07, 6.45) is 4.95. The van der Waals surface area contributed by atoms with Crippen LogP contribution in [-0.4, -0.2) is 41.9 Å². The predicted molar refractivity (Wildman–Crippen MR) is 99.6 cm³/mol. The molecule has 2 aromatic rings. The molecular weight excluding hydrogens is 350 g/mol. The lowest BCUT2D eigenvalue weighted by Crippen LogP contribution is -2.41. The number of rotatable bonds is 6. The van der Waals surface area contributed by atoms with Gasteiger partial charge in [0, 0.05) is 25.4 Å². The second-order valence-corrected chi connectivity index (χ2v) is 8.50. The molecule has 26 heavy (non-hydrogen) atoms. The van der Waals surface area contributed by atoms with Crippen LogP contribution in [0.2, 0.25) is 0 Å². The maximum Gasteiger partial charge on any atom is 0.243 e. The first-order chi connectivity index (χ1) is 12.5. The first-order valence-electron chi connectivity index (χ1n) is 9.04. The molecule has 2 heterocycles. The minimum atomic E-state index is -3.44. The monoisotopic (exact) mass is 375 g/mol. The Morgan fingerprint density at radius 3 is 2.46 bits per heavy atom. The summed E-state index contributed by atoms with van der Waals surface area (Å²) in [7, 11) is -3.44. The van der Waals surface area contributed by atoms with Gasteiger partial charge in [-0.1, -0.05) is 25.5 Å². The molecule has 0 radical (unpaired) electrons. The largest absolute Gasteiger partial charge is 0.474 e. The van der Waals surface area contributed by atoms with Crippen LogP contribution in [0.1, 0.15) is 37.6 Å². The van der Waals surface area contributed by atoms with E-state index < -0.39 is 10.0 Å². The Morgan fingerprint density at radius 1 is 1.15 bits per heavy atom. The molecule has 0 atom stereocenters. The summed E-state index contributed by atoms with van der Waals surface area (Å²) >= 11 is 0. The van der Waals surface area contributed by atoms with Crippen molar-refractivity contribution in [1.82, 2.24) is 14.3 Å². The summed E-state index contributed by atoms with van der Waals surface area (Å²) < 4.78 is 33.1. The molecule has 0 saturated carbocycles. The van der Waals surface area contributed by atoms with Crippen LogP contribution in [0.4, 0.5) is 0 Å². The van der Waals surface area contributed by atoms with E-state index in [-0.39, 0.29) is 6.10 Å². The van der Waals surface area contributed by atoms with Crippen LogP contribution in [-0.2, 0) is 16.4 Å². The lowest BCUT2D eigenvalue weighted by molar-refractivity contribution is 0.129. The normalized spacial score (nSPS) is 16.5. The third-order valence-electron chi connectivity index (χ3n) is 4.54. The predicted octanol–water partition coefficient (Wildman–Crippen LogP) is 2.97. The van der Waals surface area contributed by atoms with E-state index in [1.807, 2.05) is 19.1 Å². The third-order valence-corrected chi connectivity index (χ3v) is 6.45. The lowest BCUT2D eigenvalue weighted by atomic mass is 10.1. The average Bonchev–Trinajstić information content (AvgIpc) is 2.63. The van der Waals surface area contributed by atoms with Crippen molar-refractivity contribution in [3.63, 3.8) is 0 Å². The standard InChI is InChI=1S/C19H25N3O3S/c1-3-4-16-5-7-18(8-6-16)26(23,24)22-13-10-17(11-14-22)25-19-9-12-20-15(2)21-19/h5-9,12,17H,3-4,10-11,13-14H2,1-2H3. The SMILES string of the molecule is CCCc1ccc(S(=O)(=O)N2CCC(Oc3ccnc(C)n3)CC2)cc1. The van der Waals surface area contributed by atoms with E-state index in [0.29, 0.717) is 42.5 Å². The van der Waals surface area contributed by atoms with Crippen molar-refractivity contribution in [2.45, 2.75) is 50.5 Å². The maximum absolute atomic E-state index is 12.8. The first-order valence-corrected chi connectivity index (χ1v) is 10.5. The molecule has 7 heteroatoms. The Kier molecular flexibility index (Phi) is 5.88. The van der Waals surface area contributed by atoms with E-state index in [9.17, 15) is 8.42 Å². The van der Waals surface area contributed by atoms with Gasteiger partial charge in [-0.3, -0.25) is 0 Å². The molecule has 1 aliphatic heterocycles. The Bertz CT molecular complexity index is 829. The Balaban J connectivity index is 1.61. The van der Waals surface area contributed by atoms with Crippen LogP contribution in [0.15, 0.2) is 41.4 Å². The molecule has 140 valence electrons. The Morgan fingerprint density at radius 2 is 1.85 bits per heavy atom. The number of nitrogens with zero attached hydrogens (tertiary/aromatic N) is 3. The van der Waals surface area contributed by atoms with Crippen molar-refractivity contribution in [2.24, 2.45) is 0 Å². The zero-order valence-corrected chi connectivity index (χ0v) is 16.1. The fourth-order valence-electron chi connectivity index (χ4n) is 3.13. The minimum Gasteiger partial charge on any atom is -0.474 e. The van der Waals surface area contributed by atoms with Gasteiger partial charge in [-0.15, -0.1) is 0 Å². The molecule has 0 aliphatic carbocycles. The quantitative estimate of drug-likeness (QED) is 0.776. The molecule has 1 saturated heterocycles. The summed E-state index contributed by atoms with van der Waals surface area (Å²) in [5.74, 6) is 1.21.